The van der Waals surface area contributed by atoms with Crippen LogP contribution in [0.2, 0.25) is 5.02 Å². The minimum absolute atomic E-state index is 0.0404. The summed E-state index contributed by atoms with van der Waals surface area (Å²) < 4.78 is 6.45. The minimum Gasteiger partial charge on any atom is -0.497 e. The van der Waals surface area contributed by atoms with E-state index >= 15 is 0 Å². The molecule has 0 spiro atoms. The summed E-state index contributed by atoms with van der Waals surface area (Å²) in [5.41, 5.74) is 4.19. The number of nitrogens with zero attached hydrogens (tertiary/aromatic N) is 1. The Hall–Kier alpha value is -2.54. The number of carbonyl (C=O) groups is 1. The number of fused-ring (bicyclic) bond motifs is 3. The number of amides is 1. The van der Waals surface area contributed by atoms with Gasteiger partial charge in [0, 0.05) is 49.0 Å². The van der Waals surface area contributed by atoms with Crippen LogP contribution in [-0.4, -0.2) is 29.4 Å². The largest absolute Gasteiger partial charge is 0.497 e. The molecule has 1 aliphatic rings. The van der Waals surface area contributed by atoms with E-state index in [1.165, 1.54) is 5.56 Å². The van der Waals surface area contributed by atoms with E-state index in [1.54, 1.807) is 30.6 Å². The molecule has 0 bridgehead atoms. The second-order valence-electron chi connectivity index (χ2n) is 7.64. The van der Waals surface area contributed by atoms with Crippen LogP contribution in [0.3, 0.4) is 0 Å². The predicted molar refractivity (Wildman–Crippen MR) is 135 cm³/mol. The summed E-state index contributed by atoms with van der Waals surface area (Å²) in [6.07, 6.45) is 4.18. The van der Waals surface area contributed by atoms with E-state index in [4.69, 9.17) is 16.3 Å². The lowest BCUT2D eigenvalue weighted by Crippen LogP contribution is -2.39. The van der Waals surface area contributed by atoms with Crippen LogP contribution >= 0.6 is 38.9 Å². The molecule has 4 nitrogen and oxygen atoms in total. The van der Waals surface area contributed by atoms with Crippen LogP contribution in [0.5, 0.6) is 5.75 Å². The molecule has 7 heteroatoms. The van der Waals surface area contributed by atoms with Crippen molar-refractivity contribution >= 4 is 61.8 Å². The predicted octanol–water partition coefficient (Wildman–Crippen LogP) is 6.84. The van der Waals surface area contributed by atoms with Crippen molar-refractivity contribution in [3.8, 4) is 5.75 Å². The zero-order valence-corrected chi connectivity index (χ0v) is 20.4. The van der Waals surface area contributed by atoms with Crippen LogP contribution in [0.4, 0.5) is 0 Å². The Morgan fingerprint density at radius 3 is 2.88 bits per heavy atom. The Kier molecular flexibility index (Phi) is 5.84. The van der Waals surface area contributed by atoms with Crippen LogP contribution < -0.4 is 4.74 Å². The molecule has 1 N–H and O–H groups in total. The molecular formula is C25H20BrClN2O2S. The first kappa shape index (κ1) is 21.3. The number of halogens is 2. The minimum atomic E-state index is -0.183. The highest BCUT2D eigenvalue weighted by Crippen LogP contribution is 2.42. The van der Waals surface area contributed by atoms with Crippen molar-refractivity contribution in [3.05, 3.63) is 91.2 Å². The molecule has 5 rings (SSSR count). The Morgan fingerprint density at radius 2 is 2.12 bits per heavy atom. The monoisotopic (exact) mass is 526 g/mol. The number of H-pyrrole nitrogens is 1. The Labute approximate surface area is 203 Å². The van der Waals surface area contributed by atoms with Gasteiger partial charge in [-0.05, 0) is 69.9 Å². The highest BCUT2D eigenvalue weighted by molar-refractivity contribution is 9.10. The molecule has 32 heavy (non-hydrogen) atoms. The molecule has 162 valence electrons. The quantitative estimate of drug-likeness (QED) is 0.295. The van der Waals surface area contributed by atoms with Crippen LogP contribution in [-0.2, 0) is 11.2 Å². The van der Waals surface area contributed by atoms with Crippen molar-refractivity contribution in [2.45, 2.75) is 12.5 Å². The van der Waals surface area contributed by atoms with E-state index in [9.17, 15) is 4.79 Å². The molecule has 0 saturated heterocycles. The fourth-order valence-corrected chi connectivity index (χ4v) is 6.03. The van der Waals surface area contributed by atoms with Gasteiger partial charge in [-0.25, -0.2) is 0 Å². The van der Waals surface area contributed by atoms with Crippen molar-refractivity contribution < 1.29 is 9.53 Å². The summed E-state index contributed by atoms with van der Waals surface area (Å²) in [6, 6.07) is 15.5. The molecule has 2 aromatic heterocycles. The number of nitrogens with one attached hydrogen (secondary N) is 1. The average Bonchev–Trinajstić information content (AvgIpc) is 3.40. The SMILES string of the molecule is COc1ccc2[nH]c3c(c2c1)CCN(C(=O)/C=C/c1ccccc1Cl)[C@H]3c1cc(Br)cs1. The number of methoxy groups -OCH3 is 1. The Bertz CT molecular complexity index is 1340. The second kappa shape index (κ2) is 8.77. The van der Waals surface area contributed by atoms with E-state index in [1.807, 2.05) is 41.3 Å². The maximum absolute atomic E-state index is 13.4. The standard InChI is InChI=1S/C25H20BrClN2O2S/c1-31-17-7-8-21-19(13-17)18-10-11-29(23(30)9-6-15-4-2-3-5-20(15)27)25(24(18)28-21)22-12-16(26)14-32-22/h2-9,12-14,25,28H,10-11H2,1H3/b9-6+/t25-/m0/s1. The maximum atomic E-state index is 13.4. The van der Waals surface area contributed by atoms with Gasteiger partial charge in [0.05, 0.1) is 7.11 Å². The number of aromatic nitrogens is 1. The maximum Gasteiger partial charge on any atom is 0.247 e. The second-order valence-corrected chi connectivity index (χ2v) is 9.90. The first-order valence-corrected chi connectivity index (χ1v) is 12.3. The van der Waals surface area contributed by atoms with Gasteiger partial charge in [-0.3, -0.25) is 4.79 Å². The molecule has 0 saturated carbocycles. The summed E-state index contributed by atoms with van der Waals surface area (Å²) in [6.45, 7) is 0.628. The van der Waals surface area contributed by atoms with Gasteiger partial charge < -0.3 is 14.6 Å². The summed E-state index contributed by atoms with van der Waals surface area (Å²) in [4.78, 5) is 20.0. The molecule has 0 aliphatic carbocycles. The smallest absolute Gasteiger partial charge is 0.247 e. The van der Waals surface area contributed by atoms with E-state index in [0.717, 1.165) is 43.7 Å². The number of aromatic amines is 1. The first-order valence-electron chi connectivity index (χ1n) is 10.2. The van der Waals surface area contributed by atoms with Crippen LogP contribution in [0.25, 0.3) is 17.0 Å². The lowest BCUT2D eigenvalue weighted by Gasteiger charge is -2.34. The summed E-state index contributed by atoms with van der Waals surface area (Å²) in [5, 5.41) is 3.83. The van der Waals surface area contributed by atoms with E-state index in [0.29, 0.717) is 11.6 Å². The van der Waals surface area contributed by atoms with Crippen molar-refractivity contribution in [1.29, 1.82) is 0 Å². The van der Waals surface area contributed by atoms with E-state index < -0.39 is 0 Å². The molecule has 2 aromatic carbocycles. The van der Waals surface area contributed by atoms with Crippen molar-refractivity contribution in [3.63, 3.8) is 0 Å². The van der Waals surface area contributed by atoms with E-state index in [-0.39, 0.29) is 11.9 Å². The average molecular weight is 528 g/mol. The normalized spacial score (nSPS) is 16.0. The Balaban J connectivity index is 1.56. The topological polar surface area (TPSA) is 45.3 Å². The van der Waals surface area contributed by atoms with Gasteiger partial charge in [0.25, 0.3) is 0 Å². The highest BCUT2D eigenvalue weighted by Gasteiger charge is 2.34. The highest BCUT2D eigenvalue weighted by atomic mass is 79.9. The number of benzene rings is 2. The third-order valence-corrected chi connectivity index (χ3v) is 7.88. The summed E-state index contributed by atoms with van der Waals surface area (Å²) in [5.74, 6) is 0.789. The molecule has 0 unspecified atom stereocenters. The number of carbonyl (C=O) groups excluding carboxylic acids is 1. The number of rotatable bonds is 4. The fourth-order valence-electron chi connectivity index (χ4n) is 4.27. The number of hydrogen-bond acceptors (Lipinski definition) is 3. The zero-order chi connectivity index (χ0) is 22.2. The zero-order valence-electron chi connectivity index (χ0n) is 17.3. The van der Waals surface area contributed by atoms with Crippen molar-refractivity contribution in [2.75, 3.05) is 13.7 Å². The van der Waals surface area contributed by atoms with Gasteiger partial charge in [-0.2, -0.15) is 0 Å². The molecule has 1 aliphatic heterocycles. The molecule has 3 heterocycles. The van der Waals surface area contributed by atoms with Crippen molar-refractivity contribution in [2.24, 2.45) is 0 Å². The van der Waals surface area contributed by atoms with Gasteiger partial charge in [-0.1, -0.05) is 29.8 Å². The lowest BCUT2D eigenvalue weighted by atomic mass is 9.96. The third-order valence-electron chi connectivity index (χ3n) is 5.79. The van der Waals surface area contributed by atoms with Gasteiger partial charge in [0.15, 0.2) is 0 Å². The summed E-state index contributed by atoms with van der Waals surface area (Å²) >= 11 is 11.5. The number of thiophene rings is 1. The summed E-state index contributed by atoms with van der Waals surface area (Å²) in [7, 11) is 1.68. The third kappa shape index (κ3) is 3.87. The number of ether oxygens (including phenoxy) is 1. The first-order chi connectivity index (χ1) is 15.5. The molecule has 4 aromatic rings. The molecule has 0 fully saturated rings. The van der Waals surface area contributed by atoms with E-state index in [2.05, 4.69) is 38.4 Å². The van der Waals surface area contributed by atoms with Gasteiger partial charge in [0.1, 0.15) is 11.8 Å². The van der Waals surface area contributed by atoms with Gasteiger partial charge >= 0.3 is 0 Å². The Morgan fingerprint density at radius 1 is 1.28 bits per heavy atom. The lowest BCUT2D eigenvalue weighted by molar-refractivity contribution is -0.127. The molecule has 1 amide bonds. The van der Waals surface area contributed by atoms with Crippen LogP contribution in [0.15, 0.2) is 64.5 Å². The van der Waals surface area contributed by atoms with Crippen molar-refractivity contribution in [1.82, 2.24) is 9.88 Å². The molecule has 0 radical (unpaired) electrons. The fraction of sp³-hybridized carbons (Fsp3) is 0.160. The molecular weight excluding hydrogens is 508 g/mol. The van der Waals surface area contributed by atoms with Crippen LogP contribution in [0.1, 0.15) is 27.7 Å². The number of hydrogen-bond donors (Lipinski definition) is 1. The van der Waals surface area contributed by atoms with Gasteiger partial charge in [0.2, 0.25) is 5.91 Å². The van der Waals surface area contributed by atoms with Crippen LogP contribution in [0, 0.1) is 0 Å². The van der Waals surface area contributed by atoms with Gasteiger partial charge in [-0.15, -0.1) is 11.3 Å². The molecule has 1 atom stereocenters.